The zero-order valence-electron chi connectivity index (χ0n) is 9.11. The van der Waals surface area contributed by atoms with Crippen LogP contribution in [0.1, 0.15) is 30.0 Å². The molecule has 0 radical (unpaired) electrons. The van der Waals surface area contributed by atoms with Crippen LogP contribution in [0.3, 0.4) is 0 Å². The number of hydrogen-bond donors (Lipinski definition) is 3. The molecule has 0 bridgehead atoms. The average Bonchev–Trinajstić information content (AvgIpc) is 2.19. The van der Waals surface area contributed by atoms with E-state index in [2.05, 4.69) is 0 Å². The Morgan fingerprint density at radius 3 is 2.62 bits per heavy atom. The Hall–Kier alpha value is -0.480. The third-order valence-electron chi connectivity index (χ3n) is 2.37. The van der Waals surface area contributed by atoms with Crippen LogP contribution in [-0.2, 0) is 0 Å². The maximum atomic E-state index is 9.79. The molecule has 0 saturated heterocycles. The van der Waals surface area contributed by atoms with Crippen molar-refractivity contribution in [1.29, 1.82) is 0 Å². The average molecular weight is 266 g/mol. The van der Waals surface area contributed by atoms with E-state index in [9.17, 15) is 5.11 Å². The van der Waals surface area contributed by atoms with Crippen LogP contribution in [-0.4, -0.2) is 16.8 Å². The third kappa shape index (κ3) is 3.83. The smallest absolute Gasteiger partial charge is 0.123 e. The molecule has 0 aliphatic rings. The van der Waals surface area contributed by atoms with Gasteiger partial charge >= 0.3 is 0 Å². The van der Waals surface area contributed by atoms with Gasteiger partial charge in [-0.05, 0) is 37.5 Å². The number of phenols is 1. The molecule has 0 aliphatic carbocycles. The molecule has 0 heterocycles. The first-order chi connectivity index (χ1) is 7.06. The van der Waals surface area contributed by atoms with Gasteiger partial charge in [0.1, 0.15) is 5.75 Å². The van der Waals surface area contributed by atoms with E-state index < -0.39 is 0 Å². The molecule has 3 nitrogen and oxygen atoms in total. The van der Waals surface area contributed by atoms with E-state index in [0.29, 0.717) is 23.4 Å². The van der Waals surface area contributed by atoms with Crippen molar-refractivity contribution >= 4 is 24.0 Å². The van der Waals surface area contributed by atoms with Crippen molar-refractivity contribution in [1.82, 2.24) is 0 Å². The van der Waals surface area contributed by atoms with E-state index in [0.717, 1.165) is 5.56 Å². The summed E-state index contributed by atoms with van der Waals surface area (Å²) in [4.78, 5) is 0. The number of halogens is 2. The second-order valence-electron chi connectivity index (χ2n) is 3.63. The lowest BCUT2D eigenvalue weighted by Crippen LogP contribution is -2.11. The van der Waals surface area contributed by atoms with Crippen LogP contribution in [0.4, 0.5) is 0 Å². The summed E-state index contributed by atoms with van der Waals surface area (Å²) in [6, 6.07) is 3.08. The van der Waals surface area contributed by atoms with Gasteiger partial charge in [-0.3, -0.25) is 0 Å². The molecule has 0 spiro atoms. The molecule has 0 saturated carbocycles. The number of aromatic hydroxyl groups is 1. The summed E-state index contributed by atoms with van der Waals surface area (Å²) < 4.78 is 0. The van der Waals surface area contributed by atoms with Gasteiger partial charge in [-0.25, -0.2) is 0 Å². The van der Waals surface area contributed by atoms with E-state index in [1.807, 2.05) is 0 Å². The number of phenolic OH excluding ortho intramolecular Hbond substituents is 1. The fourth-order valence-corrected chi connectivity index (χ4v) is 1.79. The molecule has 0 aromatic heterocycles. The number of hydrogen-bond acceptors (Lipinski definition) is 3. The predicted molar refractivity (Wildman–Crippen MR) is 68.4 cm³/mol. The first-order valence-corrected chi connectivity index (χ1v) is 5.29. The normalized spacial score (nSPS) is 12.0. The summed E-state index contributed by atoms with van der Waals surface area (Å²) in [5, 5.41) is 19.1. The lowest BCUT2D eigenvalue weighted by atomic mass is 10.00. The minimum Gasteiger partial charge on any atom is -0.507 e. The molecule has 92 valence electrons. The molecular weight excluding hydrogens is 249 g/mol. The van der Waals surface area contributed by atoms with Gasteiger partial charge in [0.15, 0.2) is 0 Å². The largest absolute Gasteiger partial charge is 0.507 e. The number of aryl methyl sites for hydroxylation is 1. The van der Waals surface area contributed by atoms with Crippen LogP contribution in [0.15, 0.2) is 12.1 Å². The first-order valence-electron chi connectivity index (χ1n) is 4.91. The summed E-state index contributed by atoms with van der Waals surface area (Å²) in [5.74, 6) is 0.199. The van der Waals surface area contributed by atoms with Gasteiger partial charge in [0.25, 0.3) is 0 Å². The van der Waals surface area contributed by atoms with Gasteiger partial charge in [0.2, 0.25) is 0 Å². The number of aliphatic hydroxyl groups excluding tert-OH is 1. The second kappa shape index (κ2) is 6.97. The Kier molecular flexibility index (Phi) is 6.76. The quantitative estimate of drug-likeness (QED) is 0.784. The monoisotopic (exact) mass is 265 g/mol. The first kappa shape index (κ1) is 15.5. The molecule has 0 amide bonds. The molecule has 1 rings (SSSR count). The van der Waals surface area contributed by atoms with Gasteiger partial charge in [-0.2, -0.15) is 0 Å². The van der Waals surface area contributed by atoms with Crippen molar-refractivity contribution < 1.29 is 10.2 Å². The highest BCUT2D eigenvalue weighted by Gasteiger charge is 2.13. The van der Waals surface area contributed by atoms with Crippen LogP contribution in [0, 0.1) is 6.92 Å². The minimum absolute atomic E-state index is 0. The van der Waals surface area contributed by atoms with Gasteiger partial charge in [0.05, 0.1) is 0 Å². The molecule has 1 aromatic carbocycles. The van der Waals surface area contributed by atoms with Gasteiger partial charge in [-0.1, -0.05) is 11.6 Å². The molecule has 0 unspecified atom stereocenters. The standard InChI is InChI=1S/C11H16ClNO2.ClH/c1-7-5-8(12)6-9(11(7)15)10(13)3-2-4-14;/h5-6,10,14-15H,2-4,13H2,1H3;1H/t10-;/m1./s1. The highest BCUT2D eigenvalue weighted by Crippen LogP contribution is 2.31. The molecule has 0 fully saturated rings. The van der Waals surface area contributed by atoms with E-state index >= 15 is 0 Å². The number of benzene rings is 1. The summed E-state index contributed by atoms with van der Waals surface area (Å²) in [6.07, 6.45) is 1.25. The lowest BCUT2D eigenvalue weighted by molar-refractivity contribution is 0.279. The fraction of sp³-hybridized carbons (Fsp3) is 0.455. The highest BCUT2D eigenvalue weighted by molar-refractivity contribution is 6.30. The summed E-state index contributed by atoms with van der Waals surface area (Å²) in [7, 11) is 0. The van der Waals surface area contributed by atoms with E-state index in [1.165, 1.54) is 0 Å². The zero-order chi connectivity index (χ0) is 11.4. The predicted octanol–water partition coefficient (Wildman–Crippen LogP) is 2.55. The van der Waals surface area contributed by atoms with Crippen molar-refractivity contribution in [3.63, 3.8) is 0 Å². The van der Waals surface area contributed by atoms with Crippen molar-refractivity contribution in [3.05, 3.63) is 28.3 Å². The molecule has 1 atom stereocenters. The molecule has 1 aromatic rings. The van der Waals surface area contributed by atoms with Crippen LogP contribution < -0.4 is 5.73 Å². The lowest BCUT2D eigenvalue weighted by Gasteiger charge is -2.15. The van der Waals surface area contributed by atoms with Crippen molar-refractivity contribution in [2.45, 2.75) is 25.8 Å². The van der Waals surface area contributed by atoms with Crippen molar-refractivity contribution in [3.8, 4) is 5.75 Å². The van der Waals surface area contributed by atoms with Crippen LogP contribution >= 0.6 is 24.0 Å². The fourth-order valence-electron chi connectivity index (χ4n) is 1.51. The molecule has 4 N–H and O–H groups in total. The highest BCUT2D eigenvalue weighted by atomic mass is 35.5. The number of rotatable bonds is 4. The summed E-state index contributed by atoms with van der Waals surface area (Å²) in [5.41, 5.74) is 7.26. The third-order valence-corrected chi connectivity index (χ3v) is 2.59. The van der Waals surface area contributed by atoms with Gasteiger partial charge < -0.3 is 15.9 Å². The van der Waals surface area contributed by atoms with E-state index in [1.54, 1.807) is 19.1 Å². The molecule has 16 heavy (non-hydrogen) atoms. The van der Waals surface area contributed by atoms with Crippen molar-refractivity contribution in [2.24, 2.45) is 5.73 Å². The topological polar surface area (TPSA) is 66.5 Å². The van der Waals surface area contributed by atoms with Gasteiger partial charge in [-0.15, -0.1) is 12.4 Å². The Morgan fingerprint density at radius 2 is 2.06 bits per heavy atom. The summed E-state index contributed by atoms with van der Waals surface area (Å²) >= 11 is 5.88. The Bertz CT molecular complexity index is 345. The Balaban J connectivity index is 0.00000225. The number of nitrogens with two attached hydrogens (primary N) is 1. The Labute approximate surface area is 107 Å². The van der Waals surface area contributed by atoms with Crippen molar-refractivity contribution in [2.75, 3.05) is 6.61 Å². The van der Waals surface area contributed by atoms with Crippen LogP contribution in [0.2, 0.25) is 5.02 Å². The molecule has 5 heteroatoms. The SMILES string of the molecule is Cc1cc(Cl)cc([C@H](N)CCCO)c1O.Cl. The maximum Gasteiger partial charge on any atom is 0.123 e. The zero-order valence-corrected chi connectivity index (χ0v) is 10.7. The maximum absolute atomic E-state index is 9.79. The summed E-state index contributed by atoms with van der Waals surface area (Å²) in [6.45, 7) is 1.89. The van der Waals surface area contributed by atoms with Crippen LogP contribution in [0.25, 0.3) is 0 Å². The van der Waals surface area contributed by atoms with E-state index in [4.69, 9.17) is 22.4 Å². The molecular formula is C11H17Cl2NO2. The Morgan fingerprint density at radius 1 is 1.44 bits per heavy atom. The molecule has 0 aliphatic heterocycles. The van der Waals surface area contributed by atoms with Gasteiger partial charge in [0, 0.05) is 23.2 Å². The van der Waals surface area contributed by atoms with Crippen LogP contribution in [0.5, 0.6) is 5.75 Å². The second-order valence-corrected chi connectivity index (χ2v) is 4.07. The van der Waals surface area contributed by atoms with E-state index in [-0.39, 0.29) is 30.8 Å². The minimum atomic E-state index is -0.283. The number of aliphatic hydroxyl groups is 1.